The van der Waals surface area contributed by atoms with Crippen LogP contribution in [0.3, 0.4) is 0 Å². The number of hydrogen-bond donors (Lipinski definition) is 0. The molecule has 11 rings (SSSR count). The van der Waals surface area contributed by atoms with Crippen molar-refractivity contribution in [2.24, 2.45) is 0 Å². The maximum atomic E-state index is 2.44. The van der Waals surface area contributed by atoms with E-state index in [2.05, 4.69) is 228 Å². The monoisotopic (exact) mass is 740 g/mol. The van der Waals surface area contributed by atoms with Crippen LogP contribution in [-0.2, 0) is 0 Å². The summed E-state index contributed by atoms with van der Waals surface area (Å²) in [7, 11) is 0. The molecule has 58 heavy (non-hydrogen) atoms. The van der Waals surface area contributed by atoms with Crippen LogP contribution < -0.4 is 4.90 Å². The molecule has 0 aliphatic heterocycles. The fraction of sp³-hybridized carbons (Fsp3) is 0.0357. The molecule has 0 fully saturated rings. The largest absolute Gasteiger partial charge is 0.310 e. The van der Waals surface area contributed by atoms with Gasteiger partial charge in [-0.3, -0.25) is 0 Å². The molecule has 0 N–H and O–H groups in total. The first-order chi connectivity index (χ1) is 28.8. The molecule has 0 unspecified atom stereocenters. The standard InChI is InChI=1S/C56H40N2/c1-2-21-47(22-3-1)58-54-27-9-8-25-52(54)56-51(26-13-29-55(56)58)46-20-10-18-43(37-46)44-19-11-23-49(38-44)57(53-28-12-17-41-15-6-7-24-50(41)53)48-34-32-40(33-35-48)45-31-30-39-14-4-5-16-42(39)36-45/h2,4-38H,1,3H2. The third kappa shape index (κ3) is 5.90. The van der Waals surface area contributed by atoms with E-state index in [0.717, 1.165) is 29.9 Å². The zero-order valence-corrected chi connectivity index (χ0v) is 32.1. The molecule has 10 aromatic rings. The third-order valence-corrected chi connectivity index (χ3v) is 11.8. The summed E-state index contributed by atoms with van der Waals surface area (Å²) in [5, 5.41) is 7.50. The van der Waals surface area contributed by atoms with E-state index in [9.17, 15) is 0 Å². The molecule has 0 bridgehead atoms. The molecule has 0 saturated heterocycles. The highest BCUT2D eigenvalue weighted by atomic mass is 15.1. The first-order valence-corrected chi connectivity index (χ1v) is 20.2. The SMILES string of the molecule is C1=CC(n2c3ccccc3c3c(-c4cccc(-c5cccc(N(c6ccc(-c7ccc8ccccc8c7)cc6)c6cccc7ccccc67)c5)c4)cccc32)=CCC1. The minimum Gasteiger partial charge on any atom is -0.310 e. The van der Waals surface area contributed by atoms with Crippen LogP contribution in [-0.4, -0.2) is 4.57 Å². The molecule has 1 aliphatic carbocycles. The molecule has 2 heteroatoms. The molecule has 0 saturated carbocycles. The topological polar surface area (TPSA) is 8.17 Å². The molecule has 0 atom stereocenters. The Morgan fingerprint density at radius 2 is 1.05 bits per heavy atom. The van der Waals surface area contributed by atoms with Crippen LogP contribution in [0.1, 0.15) is 12.8 Å². The zero-order valence-electron chi connectivity index (χ0n) is 32.1. The number of anilines is 3. The quantitative estimate of drug-likeness (QED) is 0.158. The minimum atomic E-state index is 1.06. The minimum absolute atomic E-state index is 1.06. The number of benzene rings is 9. The summed E-state index contributed by atoms with van der Waals surface area (Å²) in [5.41, 5.74) is 14.3. The molecule has 0 amide bonds. The second kappa shape index (κ2) is 14.3. The lowest BCUT2D eigenvalue weighted by atomic mass is 9.95. The summed E-state index contributed by atoms with van der Waals surface area (Å²) in [6.07, 6.45) is 9.09. The van der Waals surface area contributed by atoms with Crippen molar-refractivity contribution < 1.29 is 0 Å². The predicted molar refractivity (Wildman–Crippen MR) is 248 cm³/mol. The highest BCUT2D eigenvalue weighted by Crippen LogP contribution is 2.43. The number of rotatable bonds is 7. The van der Waals surface area contributed by atoms with Crippen LogP contribution in [0.4, 0.5) is 17.1 Å². The number of fused-ring (bicyclic) bond motifs is 5. The van der Waals surface area contributed by atoms with E-state index in [0.29, 0.717) is 0 Å². The van der Waals surface area contributed by atoms with Crippen molar-refractivity contribution in [1.29, 1.82) is 0 Å². The molecule has 2 nitrogen and oxygen atoms in total. The predicted octanol–water partition coefficient (Wildman–Crippen LogP) is 15.8. The first-order valence-electron chi connectivity index (χ1n) is 20.2. The van der Waals surface area contributed by atoms with Crippen molar-refractivity contribution >= 4 is 66.1 Å². The lowest BCUT2D eigenvalue weighted by molar-refractivity contribution is 1.02. The Bertz CT molecular complexity index is 3230. The van der Waals surface area contributed by atoms with Crippen molar-refractivity contribution in [3.8, 4) is 33.4 Å². The van der Waals surface area contributed by atoms with E-state index < -0.39 is 0 Å². The van der Waals surface area contributed by atoms with Gasteiger partial charge in [0.25, 0.3) is 0 Å². The number of allylic oxidation sites excluding steroid dienone is 4. The molecule has 9 aromatic carbocycles. The van der Waals surface area contributed by atoms with E-state index in [4.69, 9.17) is 0 Å². The number of nitrogens with zero attached hydrogens (tertiary/aromatic N) is 2. The van der Waals surface area contributed by atoms with E-state index in [-0.39, 0.29) is 0 Å². The molecular formula is C56H40N2. The van der Waals surface area contributed by atoms with Crippen molar-refractivity contribution in [3.63, 3.8) is 0 Å². The van der Waals surface area contributed by atoms with Gasteiger partial charge in [-0.1, -0.05) is 158 Å². The van der Waals surface area contributed by atoms with Crippen molar-refractivity contribution in [1.82, 2.24) is 4.57 Å². The molecular weight excluding hydrogens is 701 g/mol. The average Bonchev–Trinajstić information content (AvgIpc) is 3.64. The lowest BCUT2D eigenvalue weighted by Gasteiger charge is -2.27. The summed E-state index contributed by atoms with van der Waals surface area (Å²) in [5.74, 6) is 0. The summed E-state index contributed by atoms with van der Waals surface area (Å²) >= 11 is 0. The second-order valence-electron chi connectivity index (χ2n) is 15.2. The maximum Gasteiger partial charge on any atom is 0.0547 e. The first kappa shape index (κ1) is 33.9. The van der Waals surface area contributed by atoms with Gasteiger partial charge in [0, 0.05) is 33.2 Å². The molecule has 1 aromatic heterocycles. The van der Waals surface area contributed by atoms with Crippen LogP contribution in [0.2, 0.25) is 0 Å². The van der Waals surface area contributed by atoms with Crippen LogP contribution >= 0.6 is 0 Å². The molecule has 1 aliphatic rings. The van der Waals surface area contributed by atoms with Gasteiger partial charge in [0.1, 0.15) is 0 Å². The Morgan fingerprint density at radius 3 is 1.91 bits per heavy atom. The zero-order chi connectivity index (χ0) is 38.4. The summed E-state index contributed by atoms with van der Waals surface area (Å²) in [6.45, 7) is 0. The third-order valence-electron chi connectivity index (χ3n) is 11.8. The number of hydrogen-bond acceptors (Lipinski definition) is 1. The average molecular weight is 741 g/mol. The smallest absolute Gasteiger partial charge is 0.0547 e. The van der Waals surface area contributed by atoms with Gasteiger partial charge in [-0.25, -0.2) is 0 Å². The normalized spacial score (nSPS) is 12.7. The summed E-state index contributed by atoms with van der Waals surface area (Å²) < 4.78 is 2.44. The Hall–Kier alpha value is -7.42. The van der Waals surface area contributed by atoms with Gasteiger partial charge < -0.3 is 9.47 Å². The fourth-order valence-corrected chi connectivity index (χ4v) is 9.00. The highest BCUT2D eigenvalue weighted by Gasteiger charge is 2.19. The van der Waals surface area contributed by atoms with E-state index in [1.807, 2.05) is 0 Å². The summed E-state index contributed by atoms with van der Waals surface area (Å²) in [6, 6.07) is 73.3. The van der Waals surface area contributed by atoms with E-state index >= 15 is 0 Å². The summed E-state index contributed by atoms with van der Waals surface area (Å²) in [4.78, 5) is 2.41. The van der Waals surface area contributed by atoms with E-state index in [1.165, 1.54) is 82.4 Å². The molecule has 0 spiro atoms. The molecule has 274 valence electrons. The molecule has 0 radical (unpaired) electrons. The van der Waals surface area contributed by atoms with Crippen LogP contribution in [0.5, 0.6) is 0 Å². The van der Waals surface area contributed by atoms with Gasteiger partial charge in [0.15, 0.2) is 0 Å². The van der Waals surface area contributed by atoms with Crippen molar-refractivity contribution in [3.05, 3.63) is 218 Å². The maximum absolute atomic E-state index is 2.44. The van der Waals surface area contributed by atoms with Crippen LogP contribution in [0.15, 0.2) is 218 Å². The van der Waals surface area contributed by atoms with Gasteiger partial charge in [0.2, 0.25) is 0 Å². The Kier molecular flexibility index (Phi) is 8.33. The van der Waals surface area contributed by atoms with E-state index in [1.54, 1.807) is 0 Å². The van der Waals surface area contributed by atoms with Crippen LogP contribution in [0.25, 0.3) is 82.4 Å². The number of aromatic nitrogens is 1. The van der Waals surface area contributed by atoms with Gasteiger partial charge in [-0.2, -0.15) is 0 Å². The Balaban J connectivity index is 1.02. The second-order valence-corrected chi connectivity index (χ2v) is 15.2. The fourth-order valence-electron chi connectivity index (χ4n) is 9.00. The van der Waals surface area contributed by atoms with Crippen LogP contribution in [0, 0.1) is 0 Å². The van der Waals surface area contributed by atoms with Gasteiger partial charge in [-0.15, -0.1) is 0 Å². The van der Waals surface area contributed by atoms with Crippen molar-refractivity contribution in [2.75, 3.05) is 4.90 Å². The Labute approximate surface area is 338 Å². The molecule has 1 heterocycles. The van der Waals surface area contributed by atoms with Gasteiger partial charge >= 0.3 is 0 Å². The lowest BCUT2D eigenvalue weighted by Crippen LogP contribution is -2.10. The Morgan fingerprint density at radius 1 is 0.397 bits per heavy atom. The number of para-hydroxylation sites is 1. The van der Waals surface area contributed by atoms with Gasteiger partial charge in [-0.05, 0) is 123 Å². The highest BCUT2D eigenvalue weighted by molar-refractivity contribution is 6.16. The van der Waals surface area contributed by atoms with Crippen molar-refractivity contribution in [2.45, 2.75) is 12.8 Å². The van der Waals surface area contributed by atoms with Gasteiger partial charge in [0.05, 0.1) is 16.7 Å².